The molecule has 0 amide bonds. The molecular weight excluding hydrogens is 482 g/mol. The van der Waals surface area contributed by atoms with Crippen molar-refractivity contribution in [2.45, 2.75) is 25.1 Å². The van der Waals surface area contributed by atoms with Gasteiger partial charge in [0.15, 0.2) is 11.5 Å². The van der Waals surface area contributed by atoms with Crippen molar-refractivity contribution in [1.29, 1.82) is 0 Å². The van der Waals surface area contributed by atoms with E-state index in [0.29, 0.717) is 43.7 Å². The lowest BCUT2D eigenvalue weighted by atomic mass is 10.1. The summed E-state index contributed by atoms with van der Waals surface area (Å²) >= 11 is 6.10. The molecule has 1 atom stereocenters. The average Bonchev–Trinajstić information content (AvgIpc) is 3.33. The zero-order valence-electron chi connectivity index (χ0n) is 20.9. The fourth-order valence-electron chi connectivity index (χ4n) is 4.20. The number of ether oxygens (including phenoxy) is 5. The van der Waals surface area contributed by atoms with Crippen LogP contribution in [0.2, 0.25) is 5.02 Å². The average molecular weight is 516 g/mol. The summed E-state index contributed by atoms with van der Waals surface area (Å²) in [5.74, 6) is 2.18. The van der Waals surface area contributed by atoms with E-state index in [9.17, 15) is 0 Å². The highest BCUT2D eigenvalue weighted by molar-refractivity contribution is 6.30. The number of aryl methyl sites for hydroxylation is 1. The summed E-state index contributed by atoms with van der Waals surface area (Å²) in [5, 5.41) is 0.636. The van der Waals surface area contributed by atoms with Gasteiger partial charge in [0.1, 0.15) is 18.0 Å². The third kappa shape index (κ3) is 7.36. The number of hydrogen-bond acceptors (Lipinski definition) is 7. The molecule has 3 aromatic rings. The first-order chi connectivity index (χ1) is 17.6. The van der Waals surface area contributed by atoms with E-state index in [4.69, 9.17) is 35.3 Å². The van der Waals surface area contributed by atoms with Gasteiger partial charge in [-0.05, 0) is 42.3 Å². The molecule has 0 radical (unpaired) electrons. The van der Waals surface area contributed by atoms with Gasteiger partial charge < -0.3 is 28.3 Å². The zero-order valence-corrected chi connectivity index (χ0v) is 21.7. The van der Waals surface area contributed by atoms with Crippen molar-refractivity contribution in [3.63, 3.8) is 0 Å². The van der Waals surface area contributed by atoms with Gasteiger partial charge in [0.05, 0.1) is 33.3 Å². The fourth-order valence-corrected chi connectivity index (χ4v) is 4.38. The quantitative estimate of drug-likeness (QED) is 0.333. The summed E-state index contributed by atoms with van der Waals surface area (Å²) in [7, 11) is 3.37. The van der Waals surface area contributed by atoms with E-state index < -0.39 is 5.60 Å². The molecule has 4 rings (SSSR count). The first-order valence-electron chi connectivity index (χ1n) is 12.1. The second-order valence-electron chi connectivity index (χ2n) is 8.88. The van der Waals surface area contributed by atoms with Gasteiger partial charge in [0, 0.05) is 50.7 Å². The Kier molecular flexibility index (Phi) is 9.47. The van der Waals surface area contributed by atoms with E-state index in [1.807, 2.05) is 47.4 Å². The molecule has 1 aliphatic heterocycles. The van der Waals surface area contributed by atoms with Gasteiger partial charge >= 0.3 is 0 Å². The molecule has 36 heavy (non-hydrogen) atoms. The summed E-state index contributed by atoms with van der Waals surface area (Å²) in [4.78, 5) is 6.38. The minimum absolute atomic E-state index is 0.357. The van der Waals surface area contributed by atoms with Crippen LogP contribution >= 0.6 is 11.6 Å². The Morgan fingerprint density at radius 2 is 2.03 bits per heavy atom. The molecule has 0 N–H and O–H groups in total. The van der Waals surface area contributed by atoms with Crippen molar-refractivity contribution in [2.75, 3.05) is 53.7 Å². The van der Waals surface area contributed by atoms with Crippen molar-refractivity contribution in [1.82, 2.24) is 14.5 Å². The molecule has 2 aromatic carbocycles. The third-order valence-electron chi connectivity index (χ3n) is 6.17. The van der Waals surface area contributed by atoms with Crippen LogP contribution in [-0.4, -0.2) is 73.8 Å². The lowest BCUT2D eigenvalue weighted by Crippen LogP contribution is -2.50. The first kappa shape index (κ1) is 26.3. The van der Waals surface area contributed by atoms with Crippen LogP contribution in [0.25, 0.3) is 0 Å². The Hall–Kier alpha value is -2.78. The molecule has 1 aliphatic rings. The number of aromatic nitrogens is 2. The molecule has 1 fully saturated rings. The molecule has 2 heterocycles. The van der Waals surface area contributed by atoms with E-state index in [1.54, 1.807) is 26.5 Å². The van der Waals surface area contributed by atoms with Crippen molar-refractivity contribution in [2.24, 2.45) is 0 Å². The van der Waals surface area contributed by atoms with Crippen LogP contribution in [0, 0.1) is 0 Å². The molecule has 0 spiro atoms. The van der Waals surface area contributed by atoms with Gasteiger partial charge in [-0.25, -0.2) is 4.98 Å². The minimum atomic E-state index is -0.596. The molecule has 9 heteroatoms. The monoisotopic (exact) mass is 515 g/mol. The maximum atomic E-state index is 6.10. The number of methoxy groups -OCH3 is 2. The summed E-state index contributed by atoms with van der Waals surface area (Å²) in [6.45, 7) is 5.07. The SMILES string of the molecule is COc1cc(CN2CCOCC(COc3cccc(Cl)c3)(OC)C2)ccc1OCCCn1ccnc1. The van der Waals surface area contributed by atoms with Crippen molar-refractivity contribution in [3.8, 4) is 17.2 Å². The maximum absolute atomic E-state index is 6.10. The minimum Gasteiger partial charge on any atom is -0.493 e. The number of nitrogens with zero attached hydrogens (tertiary/aromatic N) is 3. The molecule has 1 unspecified atom stereocenters. The highest BCUT2D eigenvalue weighted by Crippen LogP contribution is 2.29. The zero-order chi connectivity index (χ0) is 25.2. The van der Waals surface area contributed by atoms with E-state index in [1.165, 1.54) is 0 Å². The summed E-state index contributed by atoms with van der Waals surface area (Å²) in [6, 6.07) is 13.5. The lowest BCUT2D eigenvalue weighted by molar-refractivity contribution is -0.0925. The molecule has 194 valence electrons. The van der Waals surface area contributed by atoms with E-state index in [0.717, 1.165) is 43.1 Å². The predicted molar refractivity (Wildman–Crippen MR) is 138 cm³/mol. The molecule has 1 saturated heterocycles. The highest BCUT2D eigenvalue weighted by Gasteiger charge is 2.36. The molecule has 8 nitrogen and oxygen atoms in total. The van der Waals surface area contributed by atoms with Gasteiger partial charge in [-0.2, -0.15) is 0 Å². The van der Waals surface area contributed by atoms with Gasteiger partial charge in [-0.1, -0.05) is 23.7 Å². The molecule has 0 aliphatic carbocycles. The van der Waals surface area contributed by atoms with Gasteiger partial charge in [0.25, 0.3) is 0 Å². The molecule has 0 saturated carbocycles. The van der Waals surface area contributed by atoms with Gasteiger partial charge in [-0.15, -0.1) is 0 Å². The Morgan fingerprint density at radius 1 is 1.11 bits per heavy atom. The number of hydrogen-bond donors (Lipinski definition) is 0. The van der Waals surface area contributed by atoms with Crippen molar-refractivity contribution >= 4 is 11.6 Å². The highest BCUT2D eigenvalue weighted by atomic mass is 35.5. The third-order valence-corrected chi connectivity index (χ3v) is 6.41. The second-order valence-corrected chi connectivity index (χ2v) is 9.32. The maximum Gasteiger partial charge on any atom is 0.161 e. The Morgan fingerprint density at radius 3 is 2.81 bits per heavy atom. The normalized spacial score (nSPS) is 18.5. The first-order valence-corrected chi connectivity index (χ1v) is 12.5. The van der Waals surface area contributed by atoms with Crippen molar-refractivity contribution < 1.29 is 23.7 Å². The number of rotatable bonds is 12. The Bertz CT molecular complexity index is 1080. The van der Waals surface area contributed by atoms with Crippen LogP contribution in [0.3, 0.4) is 0 Å². The van der Waals surface area contributed by atoms with Crippen LogP contribution < -0.4 is 14.2 Å². The van der Waals surface area contributed by atoms with E-state index in [-0.39, 0.29) is 0 Å². The van der Waals surface area contributed by atoms with E-state index >= 15 is 0 Å². The Labute approximate surface area is 217 Å². The summed E-state index contributed by atoms with van der Waals surface area (Å²) in [6.07, 6.45) is 6.42. The largest absolute Gasteiger partial charge is 0.493 e. The smallest absolute Gasteiger partial charge is 0.161 e. The standard InChI is InChI=1S/C27H34ClN3O5/c1-32-26-15-22(7-8-25(26)35-13-4-10-30-11-9-29-21-30)17-31-12-14-34-19-27(18-31,33-2)20-36-24-6-3-5-23(28)16-24/h3,5-9,11,15-16,21H,4,10,12-14,17-20H2,1-2H3. The van der Waals surface area contributed by atoms with Crippen LogP contribution in [0.15, 0.2) is 61.2 Å². The molecule has 1 aromatic heterocycles. The fraction of sp³-hybridized carbons (Fsp3) is 0.444. The van der Waals surface area contributed by atoms with Crippen LogP contribution in [0.1, 0.15) is 12.0 Å². The van der Waals surface area contributed by atoms with E-state index in [2.05, 4.69) is 16.0 Å². The van der Waals surface area contributed by atoms with Crippen LogP contribution in [-0.2, 0) is 22.6 Å². The van der Waals surface area contributed by atoms with Gasteiger partial charge in [-0.3, -0.25) is 4.90 Å². The predicted octanol–water partition coefficient (Wildman–Crippen LogP) is 4.31. The second kappa shape index (κ2) is 13.0. The van der Waals surface area contributed by atoms with Gasteiger partial charge in [0.2, 0.25) is 0 Å². The Balaban J connectivity index is 1.35. The van der Waals surface area contributed by atoms with Crippen LogP contribution in [0.5, 0.6) is 17.2 Å². The molecule has 0 bridgehead atoms. The van der Waals surface area contributed by atoms with Crippen molar-refractivity contribution in [3.05, 3.63) is 71.8 Å². The number of halogens is 1. The summed E-state index contributed by atoms with van der Waals surface area (Å²) in [5.41, 5.74) is 0.529. The topological polar surface area (TPSA) is 67.2 Å². The lowest BCUT2D eigenvalue weighted by Gasteiger charge is -2.34. The number of imidazole rings is 1. The molecular formula is C27H34ClN3O5. The van der Waals surface area contributed by atoms with Crippen LogP contribution in [0.4, 0.5) is 0 Å². The number of benzene rings is 2. The summed E-state index contributed by atoms with van der Waals surface area (Å²) < 4.78 is 31.5.